The van der Waals surface area contributed by atoms with Crippen molar-refractivity contribution in [1.82, 2.24) is 14.4 Å². The van der Waals surface area contributed by atoms with Gasteiger partial charge in [-0.05, 0) is 15.9 Å². The van der Waals surface area contributed by atoms with Crippen molar-refractivity contribution in [1.29, 1.82) is 0 Å². The van der Waals surface area contributed by atoms with Crippen molar-refractivity contribution in [2.45, 2.75) is 5.33 Å². The van der Waals surface area contributed by atoms with E-state index in [0.717, 1.165) is 53.4 Å². The van der Waals surface area contributed by atoms with Gasteiger partial charge in [0.1, 0.15) is 4.60 Å². The molecule has 2 aromatic heterocycles. The Morgan fingerprint density at radius 3 is 2.72 bits per heavy atom. The molecule has 0 N–H and O–H groups in total. The van der Waals surface area contributed by atoms with Crippen LogP contribution in [0.4, 0.5) is 5.82 Å². The molecular formula is C11H12Br2N4O. The second-order valence-electron chi connectivity index (χ2n) is 4.08. The first-order valence-electron chi connectivity index (χ1n) is 5.70. The molecule has 3 heterocycles. The summed E-state index contributed by atoms with van der Waals surface area (Å²) >= 11 is 6.88. The third kappa shape index (κ3) is 2.26. The molecule has 5 nitrogen and oxygen atoms in total. The number of ether oxygens (including phenoxy) is 1. The molecule has 0 spiro atoms. The Bertz CT molecular complexity index is 565. The number of hydrogen-bond donors (Lipinski definition) is 0. The summed E-state index contributed by atoms with van der Waals surface area (Å²) in [5.41, 5.74) is 1.90. The molecule has 18 heavy (non-hydrogen) atoms. The number of aromatic nitrogens is 3. The zero-order valence-electron chi connectivity index (χ0n) is 9.64. The van der Waals surface area contributed by atoms with Crippen LogP contribution in [0.2, 0.25) is 0 Å². The van der Waals surface area contributed by atoms with E-state index in [1.165, 1.54) is 0 Å². The minimum atomic E-state index is 0.742. The zero-order chi connectivity index (χ0) is 12.5. The molecule has 3 rings (SSSR count). The first-order chi connectivity index (χ1) is 8.78. The number of rotatable bonds is 2. The number of halogens is 2. The average Bonchev–Trinajstić information content (AvgIpc) is 2.81. The topological polar surface area (TPSA) is 42.7 Å². The fourth-order valence-corrected chi connectivity index (χ4v) is 2.71. The monoisotopic (exact) mass is 374 g/mol. The first kappa shape index (κ1) is 12.4. The number of alkyl halides is 1. The molecule has 7 heteroatoms. The van der Waals surface area contributed by atoms with E-state index in [2.05, 4.69) is 46.7 Å². The Hall–Kier alpha value is -0.660. The van der Waals surface area contributed by atoms with Gasteiger partial charge in [0.15, 0.2) is 11.5 Å². The van der Waals surface area contributed by atoms with Crippen molar-refractivity contribution in [3.63, 3.8) is 0 Å². The van der Waals surface area contributed by atoms with Crippen molar-refractivity contribution in [2.24, 2.45) is 0 Å². The van der Waals surface area contributed by atoms with Crippen LogP contribution in [-0.2, 0) is 10.1 Å². The highest BCUT2D eigenvalue weighted by Gasteiger charge is 2.18. The van der Waals surface area contributed by atoms with Gasteiger partial charge in [0.25, 0.3) is 0 Å². The summed E-state index contributed by atoms with van der Waals surface area (Å²) in [5.74, 6) is 0.917. The van der Waals surface area contributed by atoms with Crippen molar-refractivity contribution in [2.75, 3.05) is 31.2 Å². The molecule has 1 aliphatic rings. The van der Waals surface area contributed by atoms with Crippen LogP contribution in [0.5, 0.6) is 0 Å². The third-order valence-corrected chi connectivity index (χ3v) is 3.84. The second kappa shape index (κ2) is 5.14. The number of hydrogen-bond acceptors (Lipinski definition) is 4. The van der Waals surface area contributed by atoms with Gasteiger partial charge in [-0.25, -0.2) is 9.97 Å². The predicted octanol–water partition coefficient (Wildman–Crippen LogP) is 2.22. The first-order valence-corrected chi connectivity index (χ1v) is 7.62. The van der Waals surface area contributed by atoms with E-state index in [0.29, 0.717) is 0 Å². The SMILES string of the molecule is BrCc1cn2cc(Br)nc(N3CCOCC3)c2n1. The Morgan fingerprint density at radius 2 is 2.00 bits per heavy atom. The summed E-state index contributed by atoms with van der Waals surface area (Å²) in [5, 5.41) is 0.745. The molecule has 1 aliphatic heterocycles. The molecule has 0 saturated carbocycles. The Kier molecular flexibility index (Phi) is 3.54. The molecule has 0 amide bonds. The van der Waals surface area contributed by atoms with Crippen LogP contribution in [0.25, 0.3) is 5.65 Å². The van der Waals surface area contributed by atoms with Crippen LogP contribution in [0.15, 0.2) is 17.0 Å². The molecule has 1 fully saturated rings. The van der Waals surface area contributed by atoms with Gasteiger partial charge in [-0.1, -0.05) is 15.9 Å². The number of anilines is 1. The van der Waals surface area contributed by atoms with Gasteiger partial charge in [0, 0.05) is 30.8 Å². The van der Waals surface area contributed by atoms with Crippen LogP contribution >= 0.6 is 31.9 Å². The van der Waals surface area contributed by atoms with Gasteiger partial charge in [0.05, 0.1) is 18.9 Å². The van der Waals surface area contributed by atoms with Gasteiger partial charge >= 0.3 is 0 Å². The van der Waals surface area contributed by atoms with E-state index in [9.17, 15) is 0 Å². The maximum atomic E-state index is 5.37. The highest BCUT2D eigenvalue weighted by molar-refractivity contribution is 9.10. The van der Waals surface area contributed by atoms with Crippen molar-refractivity contribution < 1.29 is 4.74 Å². The number of fused-ring (bicyclic) bond motifs is 1. The molecule has 2 aromatic rings. The minimum absolute atomic E-state index is 0.742. The molecular weight excluding hydrogens is 364 g/mol. The van der Waals surface area contributed by atoms with Gasteiger partial charge in [-0.3, -0.25) is 0 Å². The van der Waals surface area contributed by atoms with Crippen LogP contribution in [-0.4, -0.2) is 40.7 Å². The van der Waals surface area contributed by atoms with Crippen LogP contribution in [0.3, 0.4) is 0 Å². The summed E-state index contributed by atoms with van der Waals surface area (Å²) in [7, 11) is 0. The Labute approximate surface area is 121 Å². The van der Waals surface area contributed by atoms with Crippen LogP contribution in [0.1, 0.15) is 5.69 Å². The fourth-order valence-electron chi connectivity index (χ4n) is 2.05. The average molecular weight is 376 g/mol. The van der Waals surface area contributed by atoms with Gasteiger partial charge in [0.2, 0.25) is 0 Å². The van der Waals surface area contributed by atoms with E-state index in [-0.39, 0.29) is 0 Å². The number of imidazole rings is 1. The lowest BCUT2D eigenvalue weighted by molar-refractivity contribution is 0.122. The quantitative estimate of drug-likeness (QED) is 0.755. The van der Waals surface area contributed by atoms with E-state index < -0.39 is 0 Å². The highest BCUT2D eigenvalue weighted by atomic mass is 79.9. The minimum Gasteiger partial charge on any atom is -0.378 e. The zero-order valence-corrected chi connectivity index (χ0v) is 12.8. The molecule has 0 bridgehead atoms. The predicted molar refractivity (Wildman–Crippen MR) is 76.4 cm³/mol. The maximum absolute atomic E-state index is 5.37. The lowest BCUT2D eigenvalue weighted by atomic mass is 10.4. The summed E-state index contributed by atoms with van der Waals surface area (Å²) in [6, 6.07) is 0. The van der Waals surface area contributed by atoms with Gasteiger partial charge < -0.3 is 14.0 Å². The largest absolute Gasteiger partial charge is 0.378 e. The van der Waals surface area contributed by atoms with Crippen molar-refractivity contribution in [3.8, 4) is 0 Å². The van der Waals surface area contributed by atoms with Crippen LogP contribution in [0, 0.1) is 0 Å². The van der Waals surface area contributed by atoms with Gasteiger partial charge in [-0.2, -0.15) is 0 Å². The second-order valence-corrected chi connectivity index (χ2v) is 5.46. The lowest BCUT2D eigenvalue weighted by Gasteiger charge is -2.27. The highest BCUT2D eigenvalue weighted by Crippen LogP contribution is 2.23. The summed E-state index contributed by atoms with van der Waals surface area (Å²) in [6.45, 7) is 3.20. The normalized spacial score (nSPS) is 16.4. The summed E-state index contributed by atoms with van der Waals surface area (Å²) < 4.78 is 8.20. The maximum Gasteiger partial charge on any atom is 0.180 e. The fraction of sp³-hybridized carbons (Fsp3) is 0.455. The molecule has 1 saturated heterocycles. The third-order valence-electron chi connectivity index (χ3n) is 2.89. The van der Waals surface area contributed by atoms with E-state index in [1.807, 2.05) is 16.8 Å². The molecule has 0 aliphatic carbocycles. The Morgan fingerprint density at radius 1 is 1.22 bits per heavy atom. The molecule has 0 aromatic carbocycles. The molecule has 0 unspecified atom stereocenters. The standard InChI is InChI=1S/C11H12Br2N4O/c12-5-8-6-17-7-9(13)15-11(10(17)14-8)16-1-3-18-4-2-16/h6-7H,1-5H2. The van der Waals surface area contributed by atoms with Crippen LogP contribution < -0.4 is 4.90 Å². The molecule has 96 valence electrons. The lowest BCUT2D eigenvalue weighted by Crippen LogP contribution is -2.37. The summed E-state index contributed by atoms with van der Waals surface area (Å²) in [4.78, 5) is 11.4. The van der Waals surface area contributed by atoms with E-state index in [4.69, 9.17) is 4.74 Å². The van der Waals surface area contributed by atoms with Gasteiger partial charge in [-0.15, -0.1) is 0 Å². The van der Waals surface area contributed by atoms with Crippen molar-refractivity contribution >= 4 is 43.3 Å². The summed E-state index contributed by atoms with van der Waals surface area (Å²) in [6.07, 6.45) is 3.94. The number of morpholine rings is 1. The molecule has 0 atom stereocenters. The van der Waals surface area contributed by atoms with Crippen molar-refractivity contribution in [3.05, 3.63) is 22.7 Å². The number of nitrogens with zero attached hydrogens (tertiary/aromatic N) is 4. The van der Waals surface area contributed by atoms with E-state index >= 15 is 0 Å². The van der Waals surface area contributed by atoms with E-state index in [1.54, 1.807) is 0 Å². The smallest absolute Gasteiger partial charge is 0.180 e. The molecule has 0 radical (unpaired) electrons. The Balaban J connectivity index is 2.10.